The van der Waals surface area contributed by atoms with Crippen LogP contribution in [-0.4, -0.2) is 42.4 Å². The third-order valence-corrected chi connectivity index (χ3v) is 5.07. The Morgan fingerprint density at radius 3 is 2.52 bits per heavy atom. The van der Waals surface area contributed by atoms with E-state index >= 15 is 0 Å². The minimum absolute atomic E-state index is 0.0522. The van der Waals surface area contributed by atoms with Gasteiger partial charge in [-0.25, -0.2) is 9.78 Å². The van der Waals surface area contributed by atoms with Gasteiger partial charge in [-0.2, -0.15) is 13.2 Å². The Kier molecular flexibility index (Phi) is 6.85. The largest absolute Gasteiger partial charge is 0.497 e. The van der Waals surface area contributed by atoms with Gasteiger partial charge in [0.2, 0.25) is 5.91 Å². The van der Waals surface area contributed by atoms with Gasteiger partial charge in [-0.1, -0.05) is 18.2 Å². The van der Waals surface area contributed by atoms with E-state index in [1.165, 1.54) is 31.5 Å². The fourth-order valence-corrected chi connectivity index (χ4v) is 3.69. The van der Waals surface area contributed by atoms with E-state index in [9.17, 15) is 22.8 Å². The molecule has 0 saturated carbocycles. The van der Waals surface area contributed by atoms with Crippen molar-refractivity contribution < 1.29 is 32.2 Å². The predicted molar refractivity (Wildman–Crippen MR) is 115 cm³/mol. The number of halogens is 3. The number of carbonyl (C=O) groups excluding carboxylic acids is 2. The maximum absolute atomic E-state index is 14.4. The molecule has 178 valence electrons. The van der Waals surface area contributed by atoms with Crippen molar-refractivity contribution in [2.45, 2.75) is 45.0 Å². The maximum Gasteiger partial charge on any atom is 0.408 e. The minimum atomic E-state index is -4.97. The first-order valence-electron chi connectivity index (χ1n) is 10.4. The van der Waals surface area contributed by atoms with E-state index in [2.05, 4.69) is 10.3 Å². The molecule has 2 atom stereocenters. The average molecular weight is 465 g/mol. The van der Waals surface area contributed by atoms with Gasteiger partial charge in [-0.15, -0.1) is 0 Å². The lowest BCUT2D eigenvalue weighted by Gasteiger charge is -2.32. The van der Waals surface area contributed by atoms with E-state index < -0.39 is 35.7 Å². The van der Waals surface area contributed by atoms with Crippen LogP contribution in [0.3, 0.4) is 0 Å². The molecule has 0 spiro atoms. The van der Waals surface area contributed by atoms with Gasteiger partial charge in [0.05, 0.1) is 13.2 Å². The lowest BCUT2D eigenvalue weighted by atomic mass is 9.90. The van der Waals surface area contributed by atoms with Crippen LogP contribution in [0.2, 0.25) is 0 Å². The molecule has 3 rings (SSSR count). The smallest absolute Gasteiger partial charge is 0.408 e. The summed E-state index contributed by atoms with van der Waals surface area (Å²) >= 11 is 0. The Balaban J connectivity index is 2.04. The molecule has 1 aliphatic rings. The molecular weight excluding hydrogens is 439 g/mol. The van der Waals surface area contributed by atoms with Crippen molar-refractivity contribution in [2.75, 3.05) is 18.6 Å². The van der Waals surface area contributed by atoms with Gasteiger partial charge in [0.15, 0.2) is 5.92 Å². The van der Waals surface area contributed by atoms with Crippen LogP contribution in [0.5, 0.6) is 5.75 Å². The molecule has 2 amide bonds. The molecule has 0 bridgehead atoms. The number of fused-ring (bicyclic) bond motifs is 1. The zero-order valence-corrected chi connectivity index (χ0v) is 18.8. The Labute approximate surface area is 189 Å². The Morgan fingerprint density at radius 2 is 1.88 bits per heavy atom. The van der Waals surface area contributed by atoms with Gasteiger partial charge in [0.1, 0.15) is 17.2 Å². The number of nitrogens with zero attached hydrogens (tertiary/aromatic N) is 2. The van der Waals surface area contributed by atoms with Gasteiger partial charge in [0, 0.05) is 12.7 Å². The summed E-state index contributed by atoms with van der Waals surface area (Å²) in [4.78, 5) is 31.0. The number of ether oxygens (including phenoxy) is 2. The van der Waals surface area contributed by atoms with Crippen molar-refractivity contribution >= 4 is 17.8 Å². The first-order chi connectivity index (χ1) is 15.4. The second-order valence-electron chi connectivity index (χ2n) is 8.65. The number of pyridine rings is 1. The molecular formula is C23H26F3N3O4. The molecule has 1 aromatic heterocycles. The summed E-state index contributed by atoms with van der Waals surface area (Å²) in [5.41, 5.74) is -0.209. The number of rotatable bonds is 5. The van der Waals surface area contributed by atoms with E-state index in [0.29, 0.717) is 12.0 Å². The molecule has 2 heterocycles. The van der Waals surface area contributed by atoms with Crippen molar-refractivity contribution in [1.29, 1.82) is 0 Å². The van der Waals surface area contributed by atoms with E-state index in [1.807, 2.05) is 0 Å². The number of amides is 2. The summed E-state index contributed by atoms with van der Waals surface area (Å²) in [6, 6.07) is 7.42. The standard InChI is InChI=1S/C23H26F3N3O4/c1-22(2,3)33-21(31)28-18(15-7-5-9-16(13-15)32-4)17(23(24,25)26)20(30)29-12-10-14-8-6-11-27-19(14)29/h5-9,11,13,17-18H,10,12H2,1-4H3,(H,28,31). The predicted octanol–water partition coefficient (Wildman–Crippen LogP) is 4.42. The van der Waals surface area contributed by atoms with Crippen LogP contribution in [0.25, 0.3) is 0 Å². The zero-order chi connectivity index (χ0) is 24.4. The van der Waals surface area contributed by atoms with Crippen LogP contribution < -0.4 is 15.0 Å². The fourth-order valence-electron chi connectivity index (χ4n) is 3.69. The van der Waals surface area contributed by atoms with Crippen molar-refractivity contribution in [2.24, 2.45) is 5.92 Å². The highest BCUT2D eigenvalue weighted by molar-refractivity contribution is 5.97. The topological polar surface area (TPSA) is 80.8 Å². The summed E-state index contributed by atoms with van der Waals surface area (Å²) in [5, 5.41) is 2.27. The lowest BCUT2D eigenvalue weighted by Crippen LogP contribution is -2.50. The van der Waals surface area contributed by atoms with E-state index in [4.69, 9.17) is 9.47 Å². The number of benzene rings is 1. The number of aromatic nitrogens is 1. The van der Waals surface area contributed by atoms with Crippen LogP contribution in [0.1, 0.15) is 37.9 Å². The third-order valence-electron chi connectivity index (χ3n) is 5.07. The van der Waals surface area contributed by atoms with Gasteiger partial charge in [-0.3, -0.25) is 9.69 Å². The molecule has 7 nitrogen and oxygen atoms in total. The molecule has 1 N–H and O–H groups in total. The Hall–Kier alpha value is -3.30. The highest BCUT2D eigenvalue weighted by atomic mass is 19.4. The monoisotopic (exact) mass is 465 g/mol. The third kappa shape index (κ3) is 5.74. The van der Waals surface area contributed by atoms with Crippen LogP contribution in [0.15, 0.2) is 42.6 Å². The molecule has 0 radical (unpaired) electrons. The van der Waals surface area contributed by atoms with Crippen molar-refractivity contribution in [1.82, 2.24) is 10.3 Å². The van der Waals surface area contributed by atoms with Crippen molar-refractivity contribution in [3.8, 4) is 5.75 Å². The second-order valence-corrected chi connectivity index (χ2v) is 8.65. The minimum Gasteiger partial charge on any atom is -0.497 e. The zero-order valence-electron chi connectivity index (χ0n) is 18.8. The SMILES string of the molecule is COc1cccc(C(NC(=O)OC(C)(C)C)C(C(=O)N2CCc3cccnc32)C(F)(F)F)c1. The summed E-state index contributed by atoms with van der Waals surface area (Å²) in [6.45, 7) is 4.83. The van der Waals surface area contributed by atoms with Gasteiger partial charge >= 0.3 is 12.3 Å². The average Bonchev–Trinajstić information content (AvgIpc) is 3.15. The molecule has 33 heavy (non-hydrogen) atoms. The number of alkyl halides is 3. The van der Waals surface area contributed by atoms with Crippen molar-refractivity contribution in [3.05, 3.63) is 53.7 Å². The first kappa shape index (κ1) is 24.3. The molecule has 0 fully saturated rings. The van der Waals surface area contributed by atoms with Crippen LogP contribution >= 0.6 is 0 Å². The highest BCUT2D eigenvalue weighted by Gasteiger charge is 2.53. The molecule has 2 aromatic rings. The van der Waals surface area contributed by atoms with Crippen LogP contribution in [-0.2, 0) is 16.0 Å². The van der Waals surface area contributed by atoms with E-state index in [0.717, 1.165) is 4.90 Å². The quantitative estimate of drug-likeness (QED) is 0.707. The maximum atomic E-state index is 14.4. The molecule has 0 saturated heterocycles. The molecule has 2 unspecified atom stereocenters. The van der Waals surface area contributed by atoms with E-state index in [1.54, 1.807) is 39.0 Å². The number of hydrogen-bond acceptors (Lipinski definition) is 5. The molecule has 10 heteroatoms. The number of nitrogens with one attached hydrogen (secondary N) is 1. The van der Waals surface area contributed by atoms with E-state index in [-0.39, 0.29) is 23.7 Å². The number of hydrogen-bond donors (Lipinski definition) is 1. The van der Waals surface area contributed by atoms with Gasteiger partial charge in [-0.05, 0) is 56.5 Å². The Bertz CT molecular complexity index is 1020. The number of methoxy groups -OCH3 is 1. The molecule has 1 aliphatic heterocycles. The van der Waals surface area contributed by atoms with Crippen molar-refractivity contribution in [3.63, 3.8) is 0 Å². The number of carbonyl (C=O) groups is 2. The summed E-state index contributed by atoms with van der Waals surface area (Å²) in [6.07, 6.45) is -4.23. The summed E-state index contributed by atoms with van der Waals surface area (Å²) in [5.74, 6) is -3.31. The second kappa shape index (κ2) is 9.29. The summed E-state index contributed by atoms with van der Waals surface area (Å²) in [7, 11) is 1.37. The van der Waals surface area contributed by atoms with Gasteiger partial charge in [0.25, 0.3) is 0 Å². The number of alkyl carbamates (subject to hydrolysis) is 1. The fraction of sp³-hybridized carbons (Fsp3) is 0.435. The number of anilines is 1. The first-order valence-corrected chi connectivity index (χ1v) is 10.4. The van der Waals surface area contributed by atoms with Crippen LogP contribution in [0, 0.1) is 5.92 Å². The normalized spacial score (nSPS) is 15.4. The molecule has 0 aliphatic carbocycles. The molecule has 1 aromatic carbocycles. The van der Waals surface area contributed by atoms with Gasteiger partial charge < -0.3 is 14.8 Å². The summed E-state index contributed by atoms with van der Waals surface area (Å²) < 4.78 is 53.6. The van der Waals surface area contributed by atoms with Crippen LogP contribution in [0.4, 0.5) is 23.8 Å². The highest BCUT2D eigenvalue weighted by Crippen LogP contribution is 2.40. The lowest BCUT2D eigenvalue weighted by molar-refractivity contribution is -0.187. The Morgan fingerprint density at radius 1 is 1.15 bits per heavy atom.